The molecule has 1 rings (SSSR count). The zero-order valence-corrected chi connectivity index (χ0v) is 12.1. The largest absolute Gasteiger partial charge is 0.378 e. The van der Waals surface area contributed by atoms with Crippen molar-refractivity contribution in [2.45, 2.75) is 45.2 Å². The summed E-state index contributed by atoms with van der Waals surface area (Å²) in [6.07, 6.45) is 1.10. The number of hydrogen-bond donors (Lipinski definition) is 2. The van der Waals surface area contributed by atoms with E-state index in [1.165, 1.54) is 0 Å². The van der Waals surface area contributed by atoms with Crippen LogP contribution in [0.4, 0.5) is 0 Å². The predicted octanol–water partition coefficient (Wildman–Crippen LogP) is -0.133. The Balaban J connectivity index is 2.56. The summed E-state index contributed by atoms with van der Waals surface area (Å²) in [6.45, 7) is 7.70. The van der Waals surface area contributed by atoms with E-state index >= 15 is 0 Å². The molecule has 1 saturated heterocycles. The molecule has 0 radical (unpaired) electrons. The Morgan fingerprint density at radius 1 is 1.32 bits per heavy atom. The van der Waals surface area contributed by atoms with Gasteiger partial charge in [-0.2, -0.15) is 0 Å². The summed E-state index contributed by atoms with van der Waals surface area (Å²) >= 11 is 0. The summed E-state index contributed by atoms with van der Waals surface area (Å²) in [5.74, 6) is -0.335. The van der Waals surface area contributed by atoms with Crippen LogP contribution in [0.15, 0.2) is 0 Å². The molecule has 6 heteroatoms. The van der Waals surface area contributed by atoms with Crippen LogP contribution < -0.4 is 11.1 Å². The van der Waals surface area contributed by atoms with Crippen LogP contribution in [-0.4, -0.2) is 54.6 Å². The van der Waals surface area contributed by atoms with Gasteiger partial charge in [0, 0.05) is 13.1 Å². The van der Waals surface area contributed by atoms with Crippen molar-refractivity contribution in [3.05, 3.63) is 0 Å². The summed E-state index contributed by atoms with van der Waals surface area (Å²) in [5.41, 5.74) is 5.12. The first-order chi connectivity index (χ1) is 8.94. The van der Waals surface area contributed by atoms with Gasteiger partial charge in [0.25, 0.3) is 0 Å². The van der Waals surface area contributed by atoms with Gasteiger partial charge in [0.05, 0.1) is 18.8 Å². The van der Waals surface area contributed by atoms with E-state index in [9.17, 15) is 9.59 Å². The Morgan fingerprint density at radius 2 is 1.84 bits per heavy atom. The third kappa shape index (κ3) is 3.91. The number of ether oxygens (including phenoxy) is 1. The maximum Gasteiger partial charge on any atom is 0.245 e. The van der Waals surface area contributed by atoms with Gasteiger partial charge in [-0.1, -0.05) is 13.8 Å². The van der Waals surface area contributed by atoms with E-state index in [2.05, 4.69) is 5.32 Å². The zero-order valence-electron chi connectivity index (χ0n) is 12.1. The molecule has 0 spiro atoms. The highest BCUT2D eigenvalue weighted by Crippen LogP contribution is 2.12. The van der Waals surface area contributed by atoms with Crippen molar-refractivity contribution < 1.29 is 14.3 Å². The van der Waals surface area contributed by atoms with Crippen LogP contribution in [0.3, 0.4) is 0 Å². The Hall–Kier alpha value is -1.14. The number of rotatable bonds is 5. The SMILES string of the molecule is CCC(N)(CC)C(=O)NC(C)C(=O)N1CCOCC1. The molecule has 19 heavy (non-hydrogen) atoms. The molecule has 1 aliphatic heterocycles. The highest BCUT2D eigenvalue weighted by molar-refractivity contribution is 5.91. The smallest absolute Gasteiger partial charge is 0.245 e. The number of morpholine rings is 1. The molecule has 0 bridgehead atoms. The van der Waals surface area contributed by atoms with Crippen LogP contribution in [0.1, 0.15) is 33.6 Å². The number of nitrogens with two attached hydrogens (primary N) is 1. The van der Waals surface area contributed by atoms with Crippen molar-refractivity contribution >= 4 is 11.8 Å². The molecular weight excluding hydrogens is 246 g/mol. The molecule has 0 saturated carbocycles. The number of nitrogens with zero attached hydrogens (tertiary/aromatic N) is 1. The fourth-order valence-electron chi connectivity index (χ4n) is 2.03. The minimum absolute atomic E-state index is 0.0776. The van der Waals surface area contributed by atoms with Crippen LogP contribution in [0, 0.1) is 0 Å². The fourth-order valence-corrected chi connectivity index (χ4v) is 2.03. The van der Waals surface area contributed by atoms with Gasteiger partial charge >= 0.3 is 0 Å². The van der Waals surface area contributed by atoms with E-state index in [1.807, 2.05) is 13.8 Å². The Bertz CT molecular complexity index is 323. The monoisotopic (exact) mass is 271 g/mol. The molecule has 1 atom stereocenters. The van der Waals surface area contributed by atoms with Crippen LogP contribution in [0.25, 0.3) is 0 Å². The highest BCUT2D eigenvalue weighted by Gasteiger charge is 2.33. The van der Waals surface area contributed by atoms with E-state index in [1.54, 1.807) is 11.8 Å². The third-order valence-corrected chi connectivity index (χ3v) is 3.75. The van der Waals surface area contributed by atoms with Gasteiger partial charge in [0.1, 0.15) is 6.04 Å². The number of nitrogens with one attached hydrogen (secondary N) is 1. The average Bonchev–Trinajstić information content (AvgIpc) is 2.46. The molecule has 0 aromatic rings. The molecule has 1 heterocycles. The summed E-state index contributed by atoms with van der Waals surface area (Å²) in [6, 6.07) is -0.549. The lowest BCUT2D eigenvalue weighted by Gasteiger charge is -2.31. The standard InChI is InChI=1S/C13H25N3O3/c1-4-13(14,5-2)12(18)15-10(3)11(17)16-6-8-19-9-7-16/h10H,4-9,14H2,1-3H3,(H,15,18). The first kappa shape index (κ1) is 15.9. The van der Waals surface area contributed by atoms with Crippen molar-refractivity contribution in [3.8, 4) is 0 Å². The Morgan fingerprint density at radius 3 is 2.32 bits per heavy atom. The quantitative estimate of drug-likeness (QED) is 0.729. The second-order valence-corrected chi connectivity index (χ2v) is 5.00. The summed E-state index contributed by atoms with van der Waals surface area (Å²) in [7, 11) is 0. The molecule has 6 nitrogen and oxygen atoms in total. The lowest BCUT2D eigenvalue weighted by Crippen LogP contribution is -2.58. The third-order valence-electron chi connectivity index (χ3n) is 3.75. The molecule has 1 fully saturated rings. The summed E-state index contributed by atoms with van der Waals surface area (Å²) in [4.78, 5) is 26.0. The van der Waals surface area contributed by atoms with Gasteiger partial charge < -0.3 is 20.7 Å². The second-order valence-electron chi connectivity index (χ2n) is 5.00. The fraction of sp³-hybridized carbons (Fsp3) is 0.846. The van der Waals surface area contributed by atoms with Gasteiger partial charge in [-0.05, 0) is 19.8 Å². The van der Waals surface area contributed by atoms with E-state index < -0.39 is 11.6 Å². The normalized spacial score (nSPS) is 18.0. The van der Waals surface area contributed by atoms with Crippen LogP contribution in [-0.2, 0) is 14.3 Å². The molecule has 0 aromatic carbocycles. The molecule has 1 unspecified atom stereocenters. The van der Waals surface area contributed by atoms with Crippen LogP contribution in [0.2, 0.25) is 0 Å². The minimum Gasteiger partial charge on any atom is -0.378 e. The van der Waals surface area contributed by atoms with Crippen molar-refractivity contribution in [2.24, 2.45) is 5.73 Å². The number of amides is 2. The lowest BCUT2D eigenvalue weighted by molar-refractivity contribution is -0.140. The van der Waals surface area contributed by atoms with E-state index in [4.69, 9.17) is 10.5 Å². The minimum atomic E-state index is -0.889. The van der Waals surface area contributed by atoms with Gasteiger partial charge in [0.2, 0.25) is 11.8 Å². The molecule has 1 aliphatic rings. The highest BCUT2D eigenvalue weighted by atomic mass is 16.5. The number of carbonyl (C=O) groups is 2. The van der Waals surface area contributed by atoms with Gasteiger partial charge in [-0.25, -0.2) is 0 Å². The van der Waals surface area contributed by atoms with Crippen LogP contribution >= 0.6 is 0 Å². The number of hydrogen-bond acceptors (Lipinski definition) is 4. The molecule has 2 amide bonds. The summed E-state index contributed by atoms with van der Waals surface area (Å²) < 4.78 is 5.20. The topological polar surface area (TPSA) is 84.7 Å². The predicted molar refractivity (Wildman–Crippen MR) is 72.5 cm³/mol. The molecule has 0 aromatic heterocycles. The van der Waals surface area contributed by atoms with E-state index in [0.29, 0.717) is 39.1 Å². The van der Waals surface area contributed by atoms with Gasteiger partial charge in [-0.3, -0.25) is 9.59 Å². The Labute approximate surface area is 114 Å². The Kier molecular flexibility index (Phi) is 5.75. The maximum absolute atomic E-state index is 12.2. The van der Waals surface area contributed by atoms with Gasteiger partial charge in [-0.15, -0.1) is 0 Å². The lowest BCUT2D eigenvalue weighted by atomic mass is 9.93. The molecule has 110 valence electrons. The first-order valence-corrected chi connectivity index (χ1v) is 6.91. The van der Waals surface area contributed by atoms with Crippen molar-refractivity contribution in [3.63, 3.8) is 0 Å². The average molecular weight is 271 g/mol. The second kappa shape index (κ2) is 6.86. The molecule has 0 aliphatic carbocycles. The van der Waals surface area contributed by atoms with Crippen molar-refractivity contribution in [2.75, 3.05) is 26.3 Å². The first-order valence-electron chi connectivity index (χ1n) is 6.91. The van der Waals surface area contributed by atoms with E-state index in [0.717, 1.165) is 0 Å². The summed E-state index contributed by atoms with van der Waals surface area (Å²) in [5, 5.41) is 2.72. The van der Waals surface area contributed by atoms with E-state index in [-0.39, 0.29) is 11.8 Å². The van der Waals surface area contributed by atoms with Crippen LogP contribution in [0.5, 0.6) is 0 Å². The van der Waals surface area contributed by atoms with Crippen molar-refractivity contribution in [1.29, 1.82) is 0 Å². The van der Waals surface area contributed by atoms with Crippen molar-refractivity contribution in [1.82, 2.24) is 10.2 Å². The molecule has 3 N–H and O–H groups in total. The maximum atomic E-state index is 12.2. The van der Waals surface area contributed by atoms with Gasteiger partial charge in [0.15, 0.2) is 0 Å². The molecular formula is C13H25N3O3. The zero-order chi connectivity index (χ0) is 14.5. The number of carbonyl (C=O) groups excluding carboxylic acids is 2.